The van der Waals surface area contributed by atoms with Gasteiger partial charge in [-0.05, 0) is 38.0 Å². The summed E-state index contributed by atoms with van der Waals surface area (Å²) in [4.78, 5) is 12.4. The minimum absolute atomic E-state index is 0.200. The van der Waals surface area contributed by atoms with E-state index in [1.165, 1.54) is 5.01 Å². The monoisotopic (exact) mass is 280 g/mol. The topological polar surface area (TPSA) is 57.1 Å². The van der Waals surface area contributed by atoms with E-state index >= 15 is 0 Å². The third-order valence-electron chi connectivity index (χ3n) is 3.28. The molecule has 0 spiro atoms. The van der Waals surface area contributed by atoms with Gasteiger partial charge in [0.25, 0.3) is 0 Å². The van der Waals surface area contributed by atoms with Gasteiger partial charge < -0.3 is 0 Å². The summed E-state index contributed by atoms with van der Waals surface area (Å²) >= 11 is 0. The molecule has 0 aromatic heterocycles. The highest BCUT2D eigenvalue weighted by atomic mass is 16.2. The van der Waals surface area contributed by atoms with Gasteiger partial charge in [0.05, 0.1) is 17.1 Å². The number of amides is 1. The second kappa shape index (κ2) is 5.75. The first-order valence-corrected chi connectivity index (χ1v) is 6.91. The lowest BCUT2D eigenvalue weighted by Gasteiger charge is -2.14. The average Bonchev–Trinajstić information content (AvgIpc) is 2.82. The molecule has 1 aliphatic heterocycles. The van der Waals surface area contributed by atoms with Crippen LogP contribution in [-0.2, 0) is 4.79 Å². The van der Waals surface area contributed by atoms with Crippen molar-refractivity contribution in [1.82, 2.24) is 5.01 Å². The standard InChI is InChI=1S/C16H16N4O/c1-12-15(18-17-13-8-4-2-5-9-13)16(21)20(19-12)14-10-6-3-7-11-14/h2,4-6,8-11,17H,3,7H2,1H3/b18-15-. The van der Waals surface area contributed by atoms with Gasteiger partial charge in [0.15, 0.2) is 5.71 Å². The lowest BCUT2D eigenvalue weighted by atomic mass is 10.1. The predicted octanol–water partition coefficient (Wildman–Crippen LogP) is 2.91. The number of hydrogen-bond acceptors (Lipinski definition) is 4. The Morgan fingerprint density at radius 3 is 2.76 bits per heavy atom. The molecule has 1 aliphatic carbocycles. The summed E-state index contributed by atoms with van der Waals surface area (Å²) in [5.41, 5.74) is 5.50. The Bertz CT molecular complexity index is 671. The molecule has 5 nitrogen and oxygen atoms in total. The molecule has 0 fully saturated rings. The number of rotatable bonds is 3. The van der Waals surface area contributed by atoms with Crippen LogP contribution in [0.1, 0.15) is 19.8 Å². The SMILES string of the molecule is CC1=NN(C2=CCCC=C2)C(=O)/C1=N\Nc1ccccc1. The fourth-order valence-electron chi connectivity index (χ4n) is 2.19. The Hall–Kier alpha value is -2.69. The molecule has 0 unspecified atom stereocenters. The summed E-state index contributed by atoms with van der Waals surface area (Å²) in [6, 6.07) is 9.52. The molecule has 21 heavy (non-hydrogen) atoms. The van der Waals surface area contributed by atoms with Crippen LogP contribution in [0.25, 0.3) is 0 Å². The Labute approximate surface area is 123 Å². The zero-order chi connectivity index (χ0) is 14.7. The van der Waals surface area contributed by atoms with Gasteiger partial charge in [0.2, 0.25) is 0 Å². The summed E-state index contributed by atoms with van der Waals surface area (Å²) < 4.78 is 0. The van der Waals surface area contributed by atoms with Crippen molar-refractivity contribution in [3.05, 3.63) is 54.3 Å². The second-order valence-corrected chi connectivity index (χ2v) is 4.85. The zero-order valence-corrected chi connectivity index (χ0v) is 11.8. The van der Waals surface area contributed by atoms with Gasteiger partial charge in [0, 0.05) is 0 Å². The Morgan fingerprint density at radius 1 is 1.24 bits per heavy atom. The summed E-state index contributed by atoms with van der Waals surface area (Å²) in [6.45, 7) is 1.79. The summed E-state index contributed by atoms with van der Waals surface area (Å²) in [5.74, 6) is -0.200. The first-order chi connectivity index (χ1) is 10.3. The maximum absolute atomic E-state index is 12.4. The molecule has 1 aromatic rings. The van der Waals surface area contributed by atoms with Crippen LogP contribution in [0.5, 0.6) is 0 Å². The van der Waals surface area contributed by atoms with Crippen molar-refractivity contribution in [3.63, 3.8) is 0 Å². The van der Waals surface area contributed by atoms with E-state index in [0.717, 1.165) is 24.2 Å². The fourth-order valence-corrected chi connectivity index (χ4v) is 2.19. The number of carbonyl (C=O) groups is 1. The van der Waals surface area contributed by atoms with Gasteiger partial charge in [-0.1, -0.05) is 30.4 Å². The van der Waals surface area contributed by atoms with Crippen LogP contribution in [0.15, 0.2) is 64.5 Å². The first kappa shape index (κ1) is 13.3. The van der Waals surface area contributed by atoms with E-state index in [1.807, 2.05) is 48.6 Å². The Balaban J connectivity index is 1.79. The molecule has 0 saturated heterocycles. The van der Waals surface area contributed by atoms with Gasteiger partial charge in [-0.3, -0.25) is 10.2 Å². The van der Waals surface area contributed by atoms with Crippen LogP contribution in [0, 0.1) is 0 Å². The highest BCUT2D eigenvalue weighted by Crippen LogP contribution is 2.19. The molecule has 2 aliphatic rings. The first-order valence-electron chi connectivity index (χ1n) is 6.91. The lowest BCUT2D eigenvalue weighted by molar-refractivity contribution is -0.121. The Kier molecular flexibility index (Phi) is 3.64. The number of nitrogens with one attached hydrogen (secondary N) is 1. The minimum Gasteiger partial charge on any atom is -0.278 e. The van der Waals surface area contributed by atoms with Gasteiger partial charge in [-0.15, -0.1) is 0 Å². The quantitative estimate of drug-likeness (QED) is 0.865. The number of carbonyl (C=O) groups excluding carboxylic acids is 1. The van der Waals surface area contributed by atoms with E-state index in [2.05, 4.69) is 15.6 Å². The van der Waals surface area contributed by atoms with Crippen LogP contribution < -0.4 is 5.43 Å². The van der Waals surface area contributed by atoms with E-state index in [4.69, 9.17) is 0 Å². The zero-order valence-electron chi connectivity index (χ0n) is 11.8. The van der Waals surface area contributed by atoms with Crippen LogP contribution in [0.4, 0.5) is 5.69 Å². The number of hydrazone groups is 2. The molecule has 5 heteroatoms. The molecule has 0 radical (unpaired) electrons. The fraction of sp³-hybridized carbons (Fsp3) is 0.188. The number of allylic oxidation sites excluding steroid dienone is 3. The van der Waals surface area contributed by atoms with Crippen molar-refractivity contribution >= 4 is 23.0 Å². The van der Waals surface area contributed by atoms with Crippen molar-refractivity contribution in [3.8, 4) is 0 Å². The molecule has 0 atom stereocenters. The largest absolute Gasteiger partial charge is 0.301 e. The third-order valence-corrected chi connectivity index (χ3v) is 3.28. The highest BCUT2D eigenvalue weighted by Gasteiger charge is 2.31. The molecule has 3 rings (SSSR count). The third kappa shape index (κ3) is 2.76. The summed E-state index contributed by atoms with van der Waals surface area (Å²) in [7, 11) is 0. The highest BCUT2D eigenvalue weighted by molar-refractivity contribution is 6.68. The number of benzene rings is 1. The molecule has 1 N–H and O–H groups in total. The summed E-state index contributed by atoms with van der Waals surface area (Å²) in [6.07, 6.45) is 7.92. The van der Waals surface area contributed by atoms with Gasteiger partial charge in [-0.2, -0.15) is 15.2 Å². The van der Waals surface area contributed by atoms with E-state index in [9.17, 15) is 4.79 Å². The second-order valence-electron chi connectivity index (χ2n) is 4.85. The number of para-hydroxylation sites is 1. The van der Waals surface area contributed by atoms with E-state index in [0.29, 0.717) is 11.4 Å². The molecular formula is C16H16N4O. The van der Waals surface area contributed by atoms with Crippen molar-refractivity contribution in [2.75, 3.05) is 5.43 Å². The average molecular weight is 280 g/mol. The molecular weight excluding hydrogens is 264 g/mol. The maximum Gasteiger partial charge on any atom is 0.301 e. The molecule has 1 amide bonds. The number of hydrogen-bond donors (Lipinski definition) is 1. The van der Waals surface area contributed by atoms with Gasteiger partial charge >= 0.3 is 5.91 Å². The van der Waals surface area contributed by atoms with Crippen LogP contribution in [0.2, 0.25) is 0 Å². The van der Waals surface area contributed by atoms with Crippen LogP contribution >= 0.6 is 0 Å². The van der Waals surface area contributed by atoms with Crippen molar-refractivity contribution in [2.45, 2.75) is 19.8 Å². The molecule has 1 aromatic carbocycles. The lowest BCUT2D eigenvalue weighted by Crippen LogP contribution is -2.27. The van der Waals surface area contributed by atoms with Crippen molar-refractivity contribution in [1.29, 1.82) is 0 Å². The number of anilines is 1. The molecule has 106 valence electrons. The predicted molar refractivity (Wildman–Crippen MR) is 83.9 cm³/mol. The van der Waals surface area contributed by atoms with Crippen LogP contribution in [-0.4, -0.2) is 22.3 Å². The minimum atomic E-state index is -0.200. The summed E-state index contributed by atoms with van der Waals surface area (Å²) in [5, 5.41) is 9.90. The van der Waals surface area contributed by atoms with Crippen LogP contribution in [0.3, 0.4) is 0 Å². The van der Waals surface area contributed by atoms with Gasteiger partial charge in [0.1, 0.15) is 0 Å². The van der Waals surface area contributed by atoms with E-state index in [-0.39, 0.29) is 5.91 Å². The van der Waals surface area contributed by atoms with Crippen molar-refractivity contribution in [2.24, 2.45) is 10.2 Å². The van der Waals surface area contributed by atoms with E-state index < -0.39 is 0 Å². The Morgan fingerprint density at radius 2 is 2.05 bits per heavy atom. The van der Waals surface area contributed by atoms with E-state index in [1.54, 1.807) is 6.92 Å². The molecule has 0 bridgehead atoms. The smallest absolute Gasteiger partial charge is 0.278 e. The van der Waals surface area contributed by atoms with Crippen molar-refractivity contribution < 1.29 is 4.79 Å². The molecule has 1 heterocycles. The normalized spacial score (nSPS) is 19.8. The molecule has 0 saturated carbocycles. The maximum atomic E-state index is 12.4. The number of nitrogens with zero attached hydrogens (tertiary/aromatic N) is 3. The van der Waals surface area contributed by atoms with Gasteiger partial charge in [-0.25, -0.2) is 0 Å².